The number of aliphatic imine (C=N–C) groups is 1. The van der Waals surface area contributed by atoms with E-state index in [1.165, 1.54) is 17.8 Å². The Hall–Kier alpha value is -1.44. The third-order valence-corrected chi connectivity index (χ3v) is 2.80. The summed E-state index contributed by atoms with van der Waals surface area (Å²) >= 11 is 0. The van der Waals surface area contributed by atoms with E-state index in [1.54, 1.807) is 0 Å². The average Bonchev–Trinajstić information content (AvgIpc) is 2.70. The molecule has 0 amide bonds. The van der Waals surface area contributed by atoms with Crippen LogP contribution in [0.1, 0.15) is 25.8 Å². The minimum atomic E-state index is -0.185. The van der Waals surface area contributed by atoms with Gasteiger partial charge in [0.05, 0.1) is 0 Å². The van der Waals surface area contributed by atoms with Gasteiger partial charge in [0, 0.05) is 24.3 Å². The maximum Gasteiger partial charge on any atom is 0.123 e. The standard InChI is InChI=1S/C14H16FN/c1-10(2)14-8-7-13(16-14)9-11-3-5-12(15)6-4-11/h3-7,10H,8-9H2,1-2H3. The Bertz CT molecular complexity index is 427. The van der Waals surface area contributed by atoms with Crippen molar-refractivity contribution in [3.8, 4) is 0 Å². The molecule has 2 heteroatoms. The summed E-state index contributed by atoms with van der Waals surface area (Å²) in [6, 6.07) is 6.63. The average molecular weight is 217 g/mol. The molecule has 0 bridgehead atoms. The maximum absolute atomic E-state index is 12.7. The number of hydrogen-bond acceptors (Lipinski definition) is 1. The highest BCUT2D eigenvalue weighted by molar-refractivity contribution is 5.90. The Balaban J connectivity index is 2.04. The second-order valence-electron chi connectivity index (χ2n) is 4.46. The van der Waals surface area contributed by atoms with Crippen molar-refractivity contribution in [1.82, 2.24) is 0 Å². The van der Waals surface area contributed by atoms with Crippen molar-refractivity contribution in [3.05, 3.63) is 47.4 Å². The van der Waals surface area contributed by atoms with Gasteiger partial charge in [0.25, 0.3) is 0 Å². The van der Waals surface area contributed by atoms with Gasteiger partial charge in [-0.1, -0.05) is 32.1 Å². The van der Waals surface area contributed by atoms with Crippen LogP contribution in [0.25, 0.3) is 0 Å². The van der Waals surface area contributed by atoms with Crippen LogP contribution in [0.2, 0.25) is 0 Å². The van der Waals surface area contributed by atoms with Gasteiger partial charge in [-0.3, -0.25) is 4.99 Å². The molecule has 0 saturated heterocycles. The number of halogens is 1. The lowest BCUT2D eigenvalue weighted by Crippen LogP contribution is -2.02. The zero-order valence-corrected chi connectivity index (χ0v) is 9.70. The number of benzene rings is 1. The van der Waals surface area contributed by atoms with E-state index in [-0.39, 0.29) is 5.82 Å². The van der Waals surface area contributed by atoms with Crippen LogP contribution in [0, 0.1) is 11.7 Å². The smallest absolute Gasteiger partial charge is 0.123 e. The van der Waals surface area contributed by atoms with Gasteiger partial charge in [0.1, 0.15) is 5.82 Å². The molecular weight excluding hydrogens is 201 g/mol. The highest BCUT2D eigenvalue weighted by atomic mass is 19.1. The first-order valence-electron chi connectivity index (χ1n) is 5.66. The predicted octanol–water partition coefficient (Wildman–Crippen LogP) is 3.75. The molecule has 0 N–H and O–H groups in total. The van der Waals surface area contributed by atoms with Crippen molar-refractivity contribution >= 4 is 5.71 Å². The SMILES string of the molecule is CC(C)C1=NC(Cc2ccc(F)cc2)=CC1. The van der Waals surface area contributed by atoms with Crippen LogP contribution in [0.3, 0.4) is 0 Å². The second kappa shape index (κ2) is 4.60. The lowest BCUT2D eigenvalue weighted by Gasteiger charge is -2.03. The molecule has 1 aliphatic heterocycles. The van der Waals surface area contributed by atoms with Crippen LogP contribution in [0.15, 0.2) is 41.0 Å². The van der Waals surface area contributed by atoms with Gasteiger partial charge < -0.3 is 0 Å². The number of nitrogens with zero attached hydrogens (tertiary/aromatic N) is 1. The highest BCUT2D eigenvalue weighted by Crippen LogP contribution is 2.19. The highest BCUT2D eigenvalue weighted by Gasteiger charge is 2.11. The van der Waals surface area contributed by atoms with Crippen LogP contribution in [-0.4, -0.2) is 5.71 Å². The molecule has 0 saturated carbocycles. The fraction of sp³-hybridized carbons (Fsp3) is 0.357. The van der Waals surface area contributed by atoms with Gasteiger partial charge in [-0.25, -0.2) is 4.39 Å². The van der Waals surface area contributed by atoms with Crippen LogP contribution in [-0.2, 0) is 6.42 Å². The van der Waals surface area contributed by atoms with Crippen molar-refractivity contribution < 1.29 is 4.39 Å². The number of rotatable bonds is 3. The van der Waals surface area contributed by atoms with Crippen molar-refractivity contribution in [1.29, 1.82) is 0 Å². The van der Waals surface area contributed by atoms with E-state index in [0.717, 1.165) is 24.1 Å². The van der Waals surface area contributed by atoms with Crippen molar-refractivity contribution in [2.45, 2.75) is 26.7 Å². The van der Waals surface area contributed by atoms with E-state index >= 15 is 0 Å². The molecule has 16 heavy (non-hydrogen) atoms. The predicted molar refractivity (Wildman–Crippen MR) is 65.1 cm³/mol. The Morgan fingerprint density at radius 1 is 1.25 bits per heavy atom. The Morgan fingerprint density at radius 3 is 2.50 bits per heavy atom. The molecule has 84 valence electrons. The van der Waals surface area contributed by atoms with Gasteiger partial charge in [-0.15, -0.1) is 0 Å². The molecule has 1 aliphatic rings. The van der Waals surface area contributed by atoms with Crippen LogP contribution < -0.4 is 0 Å². The summed E-state index contributed by atoms with van der Waals surface area (Å²) in [6.07, 6.45) is 3.93. The summed E-state index contributed by atoms with van der Waals surface area (Å²) in [7, 11) is 0. The summed E-state index contributed by atoms with van der Waals surface area (Å²) in [5.41, 5.74) is 3.47. The normalized spacial score (nSPS) is 15.2. The first-order valence-corrected chi connectivity index (χ1v) is 5.66. The summed E-state index contributed by atoms with van der Waals surface area (Å²) in [6.45, 7) is 4.32. The van der Waals surface area contributed by atoms with E-state index in [0.29, 0.717) is 5.92 Å². The molecule has 0 unspecified atom stereocenters. The van der Waals surface area contributed by atoms with E-state index in [4.69, 9.17) is 0 Å². The molecular formula is C14H16FN. The fourth-order valence-corrected chi connectivity index (χ4v) is 1.79. The van der Waals surface area contributed by atoms with Crippen molar-refractivity contribution in [2.24, 2.45) is 10.9 Å². The topological polar surface area (TPSA) is 12.4 Å². The van der Waals surface area contributed by atoms with Crippen LogP contribution >= 0.6 is 0 Å². The Kier molecular flexibility index (Phi) is 3.18. The molecule has 1 aromatic rings. The molecule has 0 aliphatic carbocycles. The number of allylic oxidation sites excluding steroid dienone is 2. The summed E-state index contributed by atoms with van der Waals surface area (Å²) < 4.78 is 12.7. The first-order chi connectivity index (χ1) is 7.65. The van der Waals surface area contributed by atoms with Crippen LogP contribution in [0.5, 0.6) is 0 Å². The molecule has 1 aromatic carbocycles. The molecule has 0 spiro atoms. The molecule has 2 rings (SSSR count). The minimum Gasteiger partial charge on any atom is -0.262 e. The maximum atomic E-state index is 12.7. The van der Waals surface area contributed by atoms with E-state index in [1.807, 2.05) is 12.1 Å². The van der Waals surface area contributed by atoms with E-state index in [9.17, 15) is 4.39 Å². The molecule has 0 atom stereocenters. The second-order valence-corrected chi connectivity index (χ2v) is 4.46. The molecule has 1 heterocycles. The molecule has 0 aromatic heterocycles. The number of hydrogen-bond donors (Lipinski definition) is 0. The van der Waals surface area contributed by atoms with Crippen LogP contribution in [0.4, 0.5) is 4.39 Å². The minimum absolute atomic E-state index is 0.185. The van der Waals surface area contributed by atoms with Gasteiger partial charge in [0.15, 0.2) is 0 Å². The van der Waals surface area contributed by atoms with Crippen molar-refractivity contribution in [2.75, 3.05) is 0 Å². The third-order valence-electron chi connectivity index (χ3n) is 2.80. The molecule has 0 radical (unpaired) electrons. The van der Waals surface area contributed by atoms with Gasteiger partial charge in [-0.05, 0) is 23.6 Å². The third kappa shape index (κ3) is 2.57. The van der Waals surface area contributed by atoms with Gasteiger partial charge in [-0.2, -0.15) is 0 Å². The largest absolute Gasteiger partial charge is 0.262 e. The lowest BCUT2D eigenvalue weighted by atomic mass is 10.1. The van der Waals surface area contributed by atoms with Gasteiger partial charge >= 0.3 is 0 Å². The van der Waals surface area contributed by atoms with Crippen molar-refractivity contribution in [3.63, 3.8) is 0 Å². The summed E-state index contributed by atoms with van der Waals surface area (Å²) in [4.78, 5) is 4.59. The zero-order chi connectivity index (χ0) is 11.5. The monoisotopic (exact) mass is 217 g/mol. The van der Waals surface area contributed by atoms with Gasteiger partial charge in [0.2, 0.25) is 0 Å². The summed E-state index contributed by atoms with van der Waals surface area (Å²) in [5, 5.41) is 0. The zero-order valence-electron chi connectivity index (χ0n) is 9.70. The Labute approximate surface area is 95.7 Å². The molecule has 0 fully saturated rings. The lowest BCUT2D eigenvalue weighted by molar-refractivity contribution is 0.627. The Morgan fingerprint density at radius 2 is 1.94 bits per heavy atom. The molecule has 1 nitrogen and oxygen atoms in total. The first kappa shape index (κ1) is 11.1. The summed E-state index contributed by atoms with van der Waals surface area (Å²) in [5.74, 6) is 0.331. The van der Waals surface area contributed by atoms with E-state index < -0.39 is 0 Å². The van der Waals surface area contributed by atoms with E-state index in [2.05, 4.69) is 24.9 Å². The fourth-order valence-electron chi connectivity index (χ4n) is 1.79. The quantitative estimate of drug-likeness (QED) is 0.731.